The summed E-state index contributed by atoms with van der Waals surface area (Å²) in [6.07, 6.45) is 1.83. The lowest BCUT2D eigenvalue weighted by atomic mass is 9.69. The lowest BCUT2D eigenvalue weighted by Crippen LogP contribution is -2.33. The minimum atomic E-state index is -1.10. The second kappa shape index (κ2) is 10.5. The van der Waals surface area contributed by atoms with Crippen LogP contribution < -0.4 is 21.3 Å². The zero-order chi connectivity index (χ0) is 28.8. The Balaban J connectivity index is 1.54. The van der Waals surface area contributed by atoms with Gasteiger partial charge in [-0.25, -0.2) is 5.84 Å². The Labute approximate surface area is 234 Å². The van der Waals surface area contributed by atoms with Crippen molar-refractivity contribution in [2.24, 2.45) is 11.3 Å². The molecule has 210 valence electrons. The van der Waals surface area contributed by atoms with Gasteiger partial charge in [0, 0.05) is 43.5 Å². The van der Waals surface area contributed by atoms with Gasteiger partial charge in [-0.15, -0.1) is 0 Å². The Morgan fingerprint density at radius 1 is 1.23 bits per heavy atom. The smallest absolute Gasteiger partial charge is 0.310 e. The van der Waals surface area contributed by atoms with Crippen molar-refractivity contribution >= 4 is 28.2 Å². The van der Waals surface area contributed by atoms with Crippen molar-refractivity contribution in [2.45, 2.75) is 46.7 Å². The number of nitrogens with zero attached hydrogens (tertiary/aromatic N) is 3. The highest BCUT2D eigenvalue weighted by atomic mass is 16.5. The van der Waals surface area contributed by atoms with Gasteiger partial charge in [0.1, 0.15) is 12.4 Å². The number of nitrogens with two attached hydrogens (primary N) is 2. The number of nitrogen functional groups attached to an aromatic ring is 1. The average molecular weight is 543 g/mol. The number of aromatic amines is 1. The van der Waals surface area contributed by atoms with E-state index >= 15 is 0 Å². The van der Waals surface area contributed by atoms with Crippen LogP contribution in [0, 0.1) is 19.3 Å². The van der Waals surface area contributed by atoms with Crippen molar-refractivity contribution < 1.29 is 14.6 Å². The van der Waals surface area contributed by atoms with Crippen LogP contribution in [0.15, 0.2) is 48.7 Å². The maximum atomic E-state index is 12.6. The van der Waals surface area contributed by atoms with E-state index in [2.05, 4.69) is 34.2 Å². The van der Waals surface area contributed by atoms with E-state index < -0.39 is 17.3 Å². The highest BCUT2D eigenvalue weighted by molar-refractivity contribution is 5.83. The van der Waals surface area contributed by atoms with Gasteiger partial charge in [0.25, 0.3) is 0 Å². The number of hydrogen-bond donors (Lipinski definition) is 4. The fourth-order valence-electron chi connectivity index (χ4n) is 5.81. The average Bonchev–Trinajstić information content (AvgIpc) is 3.29. The van der Waals surface area contributed by atoms with Crippen molar-refractivity contribution in [1.29, 1.82) is 0 Å². The molecule has 9 nitrogen and oxygen atoms in total. The van der Waals surface area contributed by atoms with E-state index in [-0.39, 0.29) is 0 Å². The normalized spacial score (nSPS) is 14.8. The van der Waals surface area contributed by atoms with Crippen molar-refractivity contribution in [3.63, 3.8) is 0 Å². The molecule has 1 aliphatic rings. The van der Waals surface area contributed by atoms with Gasteiger partial charge >= 0.3 is 5.97 Å². The molecule has 0 amide bonds. The fraction of sp³-hybridized carbons (Fsp3) is 0.355. The van der Waals surface area contributed by atoms with Gasteiger partial charge in [0.2, 0.25) is 0 Å². The number of carboxylic acid groups (broad SMARTS) is 1. The molecule has 3 aromatic carbocycles. The van der Waals surface area contributed by atoms with E-state index in [9.17, 15) is 9.90 Å². The van der Waals surface area contributed by atoms with E-state index in [0.717, 1.165) is 56.6 Å². The minimum absolute atomic E-state index is 0.429. The van der Waals surface area contributed by atoms with Crippen molar-refractivity contribution in [1.82, 2.24) is 15.1 Å². The molecule has 0 bridgehead atoms. The third-order valence-electron chi connectivity index (χ3n) is 8.33. The topological polar surface area (TPSA) is 134 Å². The molecule has 1 aliphatic heterocycles. The number of anilines is 2. The van der Waals surface area contributed by atoms with Crippen molar-refractivity contribution in [2.75, 3.05) is 30.9 Å². The zero-order valence-electron chi connectivity index (χ0n) is 23.8. The maximum Gasteiger partial charge on any atom is 0.310 e. The molecule has 1 aromatic heterocycles. The summed E-state index contributed by atoms with van der Waals surface area (Å²) in [6, 6.07) is 14.2. The second-order valence-corrected chi connectivity index (χ2v) is 11.4. The van der Waals surface area contributed by atoms with E-state index in [4.69, 9.17) is 16.3 Å². The first kappa shape index (κ1) is 27.5. The molecular formula is C31H38N6O3. The molecular weight excluding hydrogens is 504 g/mol. The summed E-state index contributed by atoms with van der Waals surface area (Å²) >= 11 is 0. The number of benzene rings is 3. The van der Waals surface area contributed by atoms with Gasteiger partial charge in [-0.2, -0.15) is 5.10 Å². The number of aliphatic carboxylic acids is 1. The Hall–Kier alpha value is -4.08. The largest absolute Gasteiger partial charge is 0.492 e. The van der Waals surface area contributed by atoms with Crippen LogP contribution in [0.2, 0.25) is 0 Å². The molecule has 0 saturated heterocycles. The molecule has 2 heterocycles. The molecule has 5 rings (SSSR count). The molecule has 40 heavy (non-hydrogen) atoms. The quantitative estimate of drug-likeness (QED) is 0.150. The van der Waals surface area contributed by atoms with E-state index in [1.165, 1.54) is 5.01 Å². The molecule has 1 atom stereocenters. The third kappa shape index (κ3) is 4.87. The van der Waals surface area contributed by atoms with Crippen molar-refractivity contribution in [3.8, 4) is 5.75 Å². The van der Waals surface area contributed by atoms with E-state index in [0.29, 0.717) is 31.1 Å². The fourth-order valence-corrected chi connectivity index (χ4v) is 5.81. The molecule has 0 spiro atoms. The SMILES string of the molecule is Cc1ccc(C(c2ccc(N(C)N)c(N)c2C)C(C)(C)C(=O)O)cc1CN1CCOc2ccc3cn[nH]c3c2C1. The maximum absolute atomic E-state index is 12.6. The first-order chi connectivity index (χ1) is 19.0. The molecule has 0 fully saturated rings. The monoisotopic (exact) mass is 542 g/mol. The number of hydrazine groups is 1. The standard InChI is InChI=1S/C31H38N6O3/c1-18-6-7-20(27(31(3,4)30(38)39)23-9-10-25(36(5)33)28(32)19(23)2)14-22(18)16-37-12-13-40-26-11-8-21-15-34-35-29(21)24(26)17-37/h6-11,14-15,27H,12-13,16-17,32-33H2,1-5H3,(H,34,35)(H,38,39). The van der Waals surface area contributed by atoms with Crippen LogP contribution in [0.3, 0.4) is 0 Å². The van der Waals surface area contributed by atoms with Gasteiger partial charge in [-0.05, 0) is 73.7 Å². The summed E-state index contributed by atoms with van der Waals surface area (Å²) in [4.78, 5) is 15.0. The van der Waals surface area contributed by atoms with E-state index in [1.807, 2.05) is 43.5 Å². The number of rotatable bonds is 7. The van der Waals surface area contributed by atoms with Crippen LogP contribution in [0.25, 0.3) is 10.9 Å². The first-order valence-corrected chi connectivity index (χ1v) is 13.5. The number of nitrogens with one attached hydrogen (secondary N) is 1. The number of carbonyl (C=O) groups is 1. The molecule has 0 radical (unpaired) electrons. The summed E-state index contributed by atoms with van der Waals surface area (Å²) in [5, 5.41) is 20.2. The molecule has 6 N–H and O–H groups in total. The number of aromatic nitrogens is 2. The Morgan fingerprint density at radius 3 is 2.73 bits per heavy atom. The number of aryl methyl sites for hydroxylation is 1. The number of hydrogen-bond acceptors (Lipinski definition) is 7. The summed E-state index contributed by atoms with van der Waals surface area (Å²) in [5.74, 6) is 5.57. The highest BCUT2D eigenvalue weighted by Gasteiger charge is 2.40. The highest BCUT2D eigenvalue weighted by Crippen LogP contribution is 2.45. The van der Waals surface area contributed by atoms with Gasteiger partial charge in [0.05, 0.1) is 28.5 Å². The van der Waals surface area contributed by atoms with Gasteiger partial charge < -0.3 is 20.6 Å². The summed E-state index contributed by atoms with van der Waals surface area (Å²) in [6.45, 7) is 10.3. The number of H-pyrrole nitrogens is 1. The summed E-state index contributed by atoms with van der Waals surface area (Å²) < 4.78 is 6.09. The number of ether oxygens (including phenoxy) is 1. The zero-order valence-corrected chi connectivity index (χ0v) is 23.8. The predicted molar refractivity (Wildman–Crippen MR) is 158 cm³/mol. The van der Waals surface area contributed by atoms with E-state index in [1.54, 1.807) is 20.9 Å². The van der Waals surface area contributed by atoms with Crippen LogP contribution in [0.1, 0.15) is 53.1 Å². The molecule has 1 unspecified atom stereocenters. The van der Waals surface area contributed by atoms with Crippen LogP contribution in [0.5, 0.6) is 5.75 Å². The van der Waals surface area contributed by atoms with Crippen LogP contribution in [-0.2, 0) is 17.9 Å². The van der Waals surface area contributed by atoms with Crippen molar-refractivity contribution in [3.05, 3.63) is 82.0 Å². The summed E-state index contributed by atoms with van der Waals surface area (Å²) in [5.41, 5.74) is 13.7. The molecule has 9 heteroatoms. The second-order valence-electron chi connectivity index (χ2n) is 11.4. The molecule has 0 aliphatic carbocycles. The Kier molecular flexibility index (Phi) is 7.20. The number of fused-ring (bicyclic) bond motifs is 3. The lowest BCUT2D eigenvalue weighted by molar-refractivity contribution is -0.147. The minimum Gasteiger partial charge on any atom is -0.492 e. The lowest BCUT2D eigenvalue weighted by Gasteiger charge is -2.34. The predicted octanol–water partition coefficient (Wildman–Crippen LogP) is 4.71. The van der Waals surface area contributed by atoms with Gasteiger partial charge in [0.15, 0.2) is 0 Å². The number of carboxylic acids is 1. The first-order valence-electron chi connectivity index (χ1n) is 13.5. The molecule has 4 aromatic rings. The third-order valence-corrected chi connectivity index (χ3v) is 8.33. The van der Waals surface area contributed by atoms with Gasteiger partial charge in [-0.3, -0.25) is 14.8 Å². The van der Waals surface area contributed by atoms with Crippen LogP contribution >= 0.6 is 0 Å². The van der Waals surface area contributed by atoms with Crippen LogP contribution in [-0.4, -0.2) is 46.4 Å². The molecule has 0 saturated carbocycles. The van der Waals surface area contributed by atoms with Gasteiger partial charge in [-0.1, -0.05) is 24.3 Å². The summed E-state index contributed by atoms with van der Waals surface area (Å²) in [7, 11) is 1.74. The van der Waals surface area contributed by atoms with Crippen LogP contribution in [0.4, 0.5) is 11.4 Å². The Bertz CT molecular complexity index is 1580. The Morgan fingerprint density at radius 2 is 2.00 bits per heavy atom.